The van der Waals surface area contributed by atoms with Crippen LogP contribution in [-0.4, -0.2) is 168 Å². The summed E-state index contributed by atoms with van der Waals surface area (Å²) in [6.45, 7) is 8.05. The van der Waals surface area contributed by atoms with E-state index in [1.165, 1.54) is 70.6 Å². The second-order valence-corrected chi connectivity index (χ2v) is 31.1. The first-order valence-electron chi connectivity index (χ1n) is 25.4. The Bertz CT molecular complexity index is 1310. The number of ether oxygens (including phenoxy) is 4. The third-order valence-corrected chi connectivity index (χ3v) is 27.2. The topological polar surface area (TPSA) is 161 Å². The predicted molar refractivity (Wildman–Crippen MR) is 258 cm³/mol. The van der Waals surface area contributed by atoms with E-state index in [0.29, 0.717) is 80.5 Å². The average Bonchev–Trinajstić information content (AvgIpc) is 4.14. The van der Waals surface area contributed by atoms with Gasteiger partial charge in [-0.25, -0.2) is 0 Å². The van der Waals surface area contributed by atoms with Gasteiger partial charge in [-0.3, -0.25) is 0 Å². The van der Waals surface area contributed by atoms with Crippen LogP contribution in [0.25, 0.3) is 0 Å². The standard InChI is InChI=1S/C13H26O4Si.C12H24O4Si.C11H22O4Si.C10H20O4Si/c1-4-14-18(15-5-2,16-6-3)10-11-7-8-12-13(9-11)17-12;1-13-17(14-2,15-3)8-4-5-10-6-7-11-12(9-10)16-11;1-12-16(13-2,14-3)7-6-9-4-5-10-11(8-9)15-10;1-11-15(12-2,13-3)7-8-4-5-9-10(6-8)14-9/h11-13H,4-10H2,1-3H3;10-12H,4-9H2,1-3H3;9-11H,4-8H2,1-3H3;8-10H,4-7H2,1-3H3. The first-order chi connectivity index (χ1) is 31.9. The van der Waals surface area contributed by atoms with E-state index < -0.39 is 35.2 Å². The molecule has 8 rings (SSSR count). The summed E-state index contributed by atoms with van der Waals surface area (Å²) < 4.78 is 88.8. The van der Waals surface area contributed by atoms with E-state index >= 15 is 0 Å². The van der Waals surface area contributed by atoms with Crippen molar-refractivity contribution in [2.45, 2.75) is 190 Å². The Kier molecular flexibility index (Phi) is 24.1. The summed E-state index contributed by atoms with van der Waals surface area (Å²) in [4.78, 5) is 0. The van der Waals surface area contributed by atoms with Crippen LogP contribution in [-0.2, 0) is 72.1 Å². The Morgan fingerprint density at radius 1 is 0.333 bits per heavy atom. The van der Waals surface area contributed by atoms with E-state index in [2.05, 4.69) is 0 Å². The second-order valence-electron chi connectivity index (χ2n) is 19.3. The molecule has 4 heterocycles. The summed E-state index contributed by atoms with van der Waals surface area (Å²) in [6, 6.07) is 3.71. The van der Waals surface area contributed by atoms with Crippen LogP contribution in [0.4, 0.5) is 0 Å². The summed E-state index contributed by atoms with van der Waals surface area (Å²) in [5.74, 6) is 2.87. The normalized spacial score (nSPS) is 32.9. The van der Waals surface area contributed by atoms with Gasteiger partial charge in [0.2, 0.25) is 0 Å². The van der Waals surface area contributed by atoms with Gasteiger partial charge in [0.25, 0.3) is 0 Å². The van der Waals surface area contributed by atoms with Crippen molar-refractivity contribution >= 4 is 35.2 Å². The second kappa shape index (κ2) is 27.9. The van der Waals surface area contributed by atoms with E-state index in [4.69, 9.17) is 72.1 Å². The Balaban J connectivity index is 0.000000165. The highest BCUT2D eigenvalue weighted by molar-refractivity contribution is 6.61. The van der Waals surface area contributed by atoms with E-state index in [1.54, 1.807) is 64.0 Å². The van der Waals surface area contributed by atoms with Crippen LogP contribution in [0.15, 0.2) is 0 Å². The maximum Gasteiger partial charge on any atom is 0.501 e. The molecule has 4 aliphatic carbocycles. The lowest BCUT2D eigenvalue weighted by molar-refractivity contribution is 0.0655. The van der Waals surface area contributed by atoms with E-state index in [-0.39, 0.29) is 0 Å². The molecule has 0 aromatic heterocycles. The molecule has 0 bridgehead atoms. The van der Waals surface area contributed by atoms with Gasteiger partial charge in [-0.15, -0.1) is 0 Å². The van der Waals surface area contributed by atoms with Gasteiger partial charge in [-0.1, -0.05) is 6.42 Å². The minimum absolute atomic E-state index is 0.514. The van der Waals surface area contributed by atoms with Crippen molar-refractivity contribution in [2.75, 3.05) is 83.8 Å². The van der Waals surface area contributed by atoms with Crippen LogP contribution in [0.1, 0.15) is 117 Å². The maximum absolute atomic E-state index is 5.92. The molecule has 0 N–H and O–H groups in total. The zero-order chi connectivity index (χ0) is 47.8. The highest BCUT2D eigenvalue weighted by Crippen LogP contribution is 2.45. The minimum atomic E-state index is -2.45. The molecule has 12 atom stereocenters. The quantitative estimate of drug-likeness (QED) is 0.0604. The van der Waals surface area contributed by atoms with Gasteiger partial charge in [0, 0.05) is 108 Å². The van der Waals surface area contributed by atoms with Gasteiger partial charge in [-0.05, 0) is 134 Å². The van der Waals surface area contributed by atoms with Crippen LogP contribution >= 0.6 is 0 Å². The fraction of sp³-hybridized carbons (Fsp3) is 1.00. The molecule has 8 aliphatic rings. The van der Waals surface area contributed by atoms with Crippen molar-refractivity contribution in [3.63, 3.8) is 0 Å². The highest BCUT2D eigenvalue weighted by Gasteiger charge is 2.51. The molecule has 4 saturated heterocycles. The fourth-order valence-corrected chi connectivity index (χ4v) is 19.8. The number of hydrogen-bond acceptors (Lipinski definition) is 16. The Morgan fingerprint density at radius 3 is 0.970 bits per heavy atom. The van der Waals surface area contributed by atoms with Crippen molar-refractivity contribution < 1.29 is 72.1 Å². The van der Waals surface area contributed by atoms with Crippen molar-refractivity contribution in [1.29, 1.82) is 0 Å². The van der Waals surface area contributed by atoms with Gasteiger partial charge in [0.05, 0.1) is 48.8 Å². The summed E-state index contributed by atoms with van der Waals surface area (Å²) in [5, 5.41) is 0. The molecule has 16 nitrogen and oxygen atoms in total. The molecular weight excluding hydrogens is 921 g/mol. The number of epoxide rings is 4. The largest absolute Gasteiger partial charge is 0.501 e. The molecule has 0 amide bonds. The molecule has 388 valence electrons. The Labute approximate surface area is 403 Å². The van der Waals surface area contributed by atoms with Gasteiger partial charge in [-0.2, -0.15) is 0 Å². The van der Waals surface area contributed by atoms with E-state index in [9.17, 15) is 0 Å². The van der Waals surface area contributed by atoms with Crippen LogP contribution in [0.3, 0.4) is 0 Å². The number of fused-ring (bicyclic) bond motifs is 4. The van der Waals surface area contributed by atoms with Gasteiger partial charge in [0.1, 0.15) is 0 Å². The summed E-state index contributed by atoms with van der Waals surface area (Å²) in [6.07, 6.45) is 22.7. The molecular formula is C46H92O16Si4. The zero-order valence-electron chi connectivity index (χ0n) is 43.0. The molecule has 66 heavy (non-hydrogen) atoms. The summed E-state index contributed by atoms with van der Waals surface area (Å²) in [7, 11) is 5.62. The lowest BCUT2D eigenvalue weighted by Crippen LogP contribution is -2.47. The highest BCUT2D eigenvalue weighted by atomic mass is 28.4. The summed E-state index contributed by atoms with van der Waals surface area (Å²) >= 11 is 0. The smallest absolute Gasteiger partial charge is 0.377 e. The van der Waals surface area contributed by atoms with Crippen molar-refractivity contribution in [1.82, 2.24) is 0 Å². The lowest BCUT2D eigenvalue weighted by atomic mass is 9.86. The number of rotatable bonds is 26. The van der Waals surface area contributed by atoms with Gasteiger partial charge in [0.15, 0.2) is 0 Å². The third-order valence-electron chi connectivity index (χ3n) is 15.4. The molecule has 0 radical (unpaired) electrons. The predicted octanol–water partition coefficient (Wildman–Crippen LogP) is 8.07. The van der Waals surface area contributed by atoms with Crippen molar-refractivity contribution in [3.8, 4) is 0 Å². The van der Waals surface area contributed by atoms with E-state index in [0.717, 1.165) is 61.7 Å². The summed E-state index contributed by atoms with van der Waals surface area (Å²) in [5.41, 5.74) is 0. The first-order valence-corrected chi connectivity index (χ1v) is 33.1. The monoisotopic (exact) mass is 1010 g/mol. The molecule has 4 saturated carbocycles. The van der Waals surface area contributed by atoms with Crippen molar-refractivity contribution in [3.05, 3.63) is 0 Å². The van der Waals surface area contributed by atoms with E-state index in [1.807, 2.05) is 20.8 Å². The van der Waals surface area contributed by atoms with Crippen LogP contribution < -0.4 is 0 Å². The van der Waals surface area contributed by atoms with Crippen LogP contribution in [0.2, 0.25) is 24.2 Å². The molecule has 20 heteroatoms. The molecule has 8 fully saturated rings. The SMILES string of the molecule is CCO[Si](CC1CCC2OC2C1)(OCC)OCC.CO[Si](CC1CCC2OC2C1)(OC)OC.CO[Si](CCC1CCC2OC2C1)(OC)OC.CO[Si](CCCC1CCC2OC2C1)(OC)OC. The third kappa shape index (κ3) is 17.2. The average molecular weight is 1010 g/mol. The zero-order valence-corrected chi connectivity index (χ0v) is 47.0. The Hall–Kier alpha value is 0.228. The molecule has 0 spiro atoms. The number of hydrogen-bond donors (Lipinski definition) is 0. The maximum atomic E-state index is 5.92. The lowest BCUT2D eigenvalue weighted by Gasteiger charge is -2.32. The fourth-order valence-electron chi connectivity index (χ4n) is 11.1. The van der Waals surface area contributed by atoms with Crippen LogP contribution in [0.5, 0.6) is 0 Å². The first kappa shape index (κ1) is 57.1. The van der Waals surface area contributed by atoms with Gasteiger partial charge < -0.3 is 72.1 Å². The molecule has 0 aromatic rings. The van der Waals surface area contributed by atoms with Gasteiger partial charge >= 0.3 is 35.2 Å². The van der Waals surface area contributed by atoms with Crippen molar-refractivity contribution in [2.24, 2.45) is 23.7 Å². The minimum Gasteiger partial charge on any atom is -0.377 e. The molecule has 0 aromatic carbocycles. The Morgan fingerprint density at radius 2 is 0.636 bits per heavy atom. The molecule has 12 unspecified atom stereocenters. The molecule has 4 aliphatic heterocycles. The van der Waals surface area contributed by atoms with Crippen LogP contribution in [0, 0.1) is 23.7 Å².